The Balaban J connectivity index is 1.66. The predicted octanol–water partition coefficient (Wildman–Crippen LogP) is 5.46. The van der Waals surface area contributed by atoms with Crippen LogP contribution < -0.4 is 4.74 Å². The molecule has 1 atom stereocenters. The van der Waals surface area contributed by atoms with E-state index in [0.717, 1.165) is 34.6 Å². The largest absolute Gasteiger partial charge is 0.494 e. The Labute approximate surface area is 230 Å². The first-order valence-corrected chi connectivity index (χ1v) is 14.3. The van der Waals surface area contributed by atoms with Crippen molar-refractivity contribution in [3.05, 3.63) is 41.6 Å². The fourth-order valence-electron chi connectivity index (χ4n) is 4.59. The van der Waals surface area contributed by atoms with Crippen LogP contribution in [0.4, 0.5) is 0 Å². The summed E-state index contributed by atoms with van der Waals surface area (Å²) in [6.07, 6.45) is 2.37. The van der Waals surface area contributed by atoms with E-state index < -0.39 is 21.7 Å². The molecule has 9 nitrogen and oxygen atoms in total. The number of hydrogen-bond acceptors (Lipinski definition) is 6. The molecule has 0 spiro atoms. The molecule has 0 bridgehead atoms. The van der Waals surface area contributed by atoms with Crippen LogP contribution in [-0.4, -0.2) is 53.5 Å². The Bertz CT molecular complexity index is 1640. The van der Waals surface area contributed by atoms with E-state index in [4.69, 9.17) is 19.4 Å². The van der Waals surface area contributed by atoms with E-state index in [9.17, 15) is 9.00 Å². The second-order valence-corrected chi connectivity index (χ2v) is 12.9. The van der Waals surface area contributed by atoms with Crippen LogP contribution in [0.2, 0.25) is 0 Å². The summed E-state index contributed by atoms with van der Waals surface area (Å²) in [4.78, 5) is 22.4. The van der Waals surface area contributed by atoms with Gasteiger partial charge in [0.15, 0.2) is 5.82 Å². The van der Waals surface area contributed by atoms with Crippen LogP contribution in [0, 0.1) is 5.92 Å². The second-order valence-electron chi connectivity index (χ2n) is 11.0. The summed E-state index contributed by atoms with van der Waals surface area (Å²) < 4.78 is 31.7. The van der Waals surface area contributed by atoms with Crippen LogP contribution in [0.3, 0.4) is 0 Å². The number of imidazole rings is 1. The van der Waals surface area contributed by atoms with E-state index in [0.29, 0.717) is 40.8 Å². The fourth-order valence-corrected chi connectivity index (χ4v) is 5.21. The number of benzene rings is 1. The molecule has 1 aliphatic rings. The lowest BCUT2D eigenvalue weighted by atomic mass is 10.2. The molecule has 1 aromatic carbocycles. The molecule has 39 heavy (non-hydrogen) atoms. The zero-order valence-corrected chi connectivity index (χ0v) is 24.4. The minimum Gasteiger partial charge on any atom is -0.494 e. The molecule has 0 amide bonds. The van der Waals surface area contributed by atoms with Crippen molar-refractivity contribution < 1.29 is 18.5 Å². The second kappa shape index (κ2) is 10.2. The highest BCUT2D eigenvalue weighted by Crippen LogP contribution is 2.37. The summed E-state index contributed by atoms with van der Waals surface area (Å²) in [6.45, 7) is 10.5. The summed E-state index contributed by atoms with van der Waals surface area (Å²) in [5, 5.41) is 0.991. The van der Waals surface area contributed by atoms with E-state index in [-0.39, 0.29) is 0 Å². The highest BCUT2D eigenvalue weighted by molar-refractivity contribution is 7.85. The van der Waals surface area contributed by atoms with Gasteiger partial charge in [0.1, 0.15) is 27.9 Å². The number of aryl methyl sites for hydroxylation is 1. The van der Waals surface area contributed by atoms with Gasteiger partial charge in [-0.3, -0.25) is 0 Å². The van der Waals surface area contributed by atoms with Crippen LogP contribution in [0.5, 0.6) is 5.75 Å². The van der Waals surface area contributed by atoms with Gasteiger partial charge in [-0.2, -0.15) is 4.40 Å². The summed E-state index contributed by atoms with van der Waals surface area (Å²) >= 11 is 0. The van der Waals surface area contributed by atoms with Crippen LogP contribution >= 0.6 is 0 Å². The van der Waals surface area contributed by atoms with E-state index in [1.165, 1.54) is 12.8 Å². The number of rotatable bonds is 8. The third-order valence-electron chi connectivity index (χ3n) is 6.89. The number of methoxy groups -OCH3 is 1. The average molecular weight is 550 g/mol. The highest BCUT2D eigenvalue weighted by atomic mass is 32.2. The van der Waals surface area contributed by atoms with Crippen molar-refractivity contribution in [3.63, 3.8) is 0 Å². The average Bonchev–Trinajstić information content (AvgIpc) is 3.56. The molecule has 3 aromatic heterocycles. The van der Waals surface area contributed by atoms with E-state index in [1.807, 2.05) is 51.4 Å². The lowest BCUT2D eigenvalue weighted by molar-refractivity contribution is 0.0526. The zero-order valence-electron chi connectivity index (χ0n) is 23.6. The molecule has 5 rings (SSSR count). The fraction of sp³-hybridized carbons (Fsp3) is 0.448. The van der Waals surface area contributed by atoms with Crippen molar-refractivity contribution in [1.29, 1.82) is 0 Å². The first-order valence-electron chi connectivity index (χ1n) is 13.2. The normalized spacial score (nSPS) is 15.2. The van der Waals surface area contributed by atoms with Crippen molar-refractivity contribution in [3.8, 4) is 17.3 Å². The maximum atomic E-state index is 12.6. The number of carbonyl (C=O) groups is 1. The van der Waals surface area contributed by atoms with E-state index >= 15 is 0 Å². The maximum Gasteiger partial charge on any atom is 0.338 e. The number of pyridine rings is 1. The first kappa shape index (κ1) is 27.1. The Morgan fingerprint density at radius 3 is 2.56 bits per heavy atom. The number of fused-ring (bicyclic) bond motifs is 2. The Hall–Kier alpha value is -3.53. The smallest absolute Gasteiger partial charge is 0.338 e. The molecular formula is C29H35N5O4S. The molecular weight excluding hydrogens is 514 g/mol. The number of esters is 1. The van der Waals surface area contributed by atoms with Crippen molar-refractivity contribution in [2.75, 3.05) is 13.7 Å². The zero-order chi connectivity index (χ0) is 28.1. The Morgan fingerprint density at radius 2 is 1.92 bits per heavy atom. The van der Waals surface area contributed by atoms with Gasteiger partial charge in [0.05, 0.1) is 46.6 Å². The molecule has 3 heterocycles. The molecule has 0 aliphatic heterocycles. The number of aromatic nitrogens is 4. The Morgan fingerprint density at radius 1 is 1.18 bits per heavy atom. The number of hydrogen-bond donors (Lipinski definition) is 0. The molecule has 4 aromatic rings. The SMILES string of the molecule is CCOC(=O)c1cc(OC)c2c(c1)nc(-c1cc3ccc(C(C)=NS(=O)C(C)(C)C)nc3n1CC1CC1)n2C. The molecule has 0 N–H and O–H groups in total. The molecule has 0 saturated heterocycles. The summed E-state index contributed by atoms with van der Waals surface area (Å²) in [5.41, 5.74) is 4.98. The highest BCUT2D eigenvalue weighted by Gasteiger charge is 2.27. The van der Waals surface area contributed by atoms with Crippen molar-refractivity contribution >= 4 is 44.7 Å². The molecule has 10 heteroatoms. The lowest BCUT2D eigenvalue weighted by Crippen LogP contribution is -2.20. The number of ether oxygens (including phenoxy) is 2. The van der Waals surface area contributed by atoms with Crippen LogP contribution in [0.15, 0.2) is 34.7 Å². The van der Waals surface area contributed by atoms with Crippen molar-refractivity contribution in [1.82, 2.24) is 19.1 Å². The number of nitrogens with zero attached hydrogens (tertiary/aromatic N) is 5. The summed E-state index contributed by atoms with van der Waals surface area (Å²) in [6, 6.07) is 9.51. The third kappa shape index (κ3) is 5.22. The van der Waals surface area contributed by atoms with Gasteiger partial charge in [0, 0.05) is 19.0 Å². The molecule has 206 valence electrons. The van der Waals surface area contributed by atoms with Gasteiger partial charge in [-0.25, -0.2) is 19.0 Å². The van der Waals surface area contributed by atoms with Crippen LogP contribution in [0.1, 0.15) is 63.5 Å². The van der Waals surface area contributed by atoms with Gasteiger partial charge >= 0.3 is 5.97 Å². The van der Waals surface area contributed by atoms with Crippen LogP contribution in [-0.2, 0) is 29.3 Å². The molecule has 1 saturated carbocycles. The lowest BCUT2D eigenvalue weighted by Gasteiger charge is -2.14. The molecule has 1 unspecified atom stereocenters. The quantitative estimate of drug-likeness (QED) is 0.214. The van der Waals surface area contributed by atoms with Gasteiger partial charge < -0.3 is 18.6 Å². The number of carbonyl (C=O) groups excluding carboxylic acids is 1. The van der Waals surface area contributed by atoms with Gasteiger partial charge in [-0.05, 0) is 83.7 Å². The Kier molecular flexibility index (Phi) is 7.09. The summed E-state index contributed by atoms with van der Waals surface area (Å²) in [7, 11) is 2.17. The van der Waals surface area contributed by atoms with Gasteiger partial charge in [-0.15, -0.1) is 0 Å². The predicted molar refractivity (Wildman–Crippen MR) is 155 cm³/mol. The standard InChI is InChI=1S/C29H35N5O4S/c1-8-38-28(35)20-13-22-25(24(15-20)37-7)33(6)27(31-22)23-14-19-11-12-21(17(2)32-39(36)29(3,4)5)30-26(19)34(23)16-18-9-10-18/h11-15,18H,8-10,16H2,1-7H3. The third-order valence-corrected chi connectivity index (χ3v) is 8.38. The van der Waals surface area contributed by atoms with E-state index in [1.54, 1.807) is 26.2 Å². The van der Waals surface area contributed by atoms with Crippen LogP contribution in [0.25, 0.3) is 33.6 Å². The molecule has 1 aliphatic carbocycles. The first-order chi connectivity index (χ1) is 18.5. The molecule has 0 radical (unpaired) electrons. The van der Waals surface area contributed by atoms with Crippen molar-refractivity contribution in [2.45, 2.75) is 58.8 Å². The van der Waals surface area contributed by atoms with Gasteiger partial charge in [0.2, 0.25) is 0 Å². The topological polar surface area (TPSA) is 101 Å². The van der Waals surface area contributed by atoms with Gasteiger partial charge in [0.25, 0.3) is 0 Å². The molecule has 1 fully saturated rings. The van der Waals surface area contributed by atoms with E-state index in [2.05, 4.69) is 15.0 Å². The van der Waals surface area contributed by atoms with Crippen molar-refractivity contribution in [2.24, 2.45) is 17.4 Å². The minimum atomic E-state index is -1.37. The summed E-state index contributed by atoms with van der Waals surface area (Å²) in [5.74, 6) is 1.49. The maximum absolute atomic E-state index is 12.6. The minimum absolute atomic E-state index is 0.291. The monoisotopic (exact) mass is 549 g/mol. The van der Waals surface area contributed by atoms with Gasteiger partial charge in [-0.1, -0.05) is 0 Å².